The summed E-state index contributed by atoms with van der Waals surface area (Å²) >= 11 is 0. The normalized spacial score (nSPS) is 15.0. The van der Waals surface area contributed by atoms with Crippen molar-refractivity contribution in [3.8, 4) is 0 Å². The maximum Gasteiger partial charge on any atom is 0.425 e. The van der Waals surface area contributed by atoms with Crippen molar-refractivity contribution in [2.24, 2.45) is 0 Å². The van der Waals surface area contributed by atoms with E-state index in [0.717, 1.165) is 24.3 Å². The SMILES string of the molecule is OC(c1ccccc1)(c1ccc(F)cc1)C(F)(F)F. The van der Waals surface area contributed by atoms with Gasteiger partial charge in [0.2, 0.25) is 5.60 Å². The summed E-state index contributed by atoms with van der Waals surface area (Å²) in [7, 11) is 0. The van der Waals surface area contributed by atoms with Crippen LogP contribution in [0.4, 0.5) is 17.6 Å². The Morgan fingerprint density at radius 1 is 0.737 bits per heavy atom. The molecule has 0 saturated heterocycles. The molecule has 0 aliphatic heterocycles. The zero-order valence-corrected chi connectivity index (χ0v) is 9.66. The molecule has 1 unspecified atom stereocenters. The molecule has 0 heterocycles. The molecule has 0 saturated carbocycles. The van der Waals surface area contributed by atoms with Crippen molar-refractivity contribution >= 4 is 0 Å². The molecule has 0 aliphatic carbocycles. The molecule has 1 N–H and O–H groups in total. The molecule has 1 atom stereocenters. The second-order valence-corrected chi connectivity index (χ2v) is 4.08. The van der Waals surface area contributed by atoms with Gasteiger partial charge in [0.1, 0.15) is 5.82 Å². The Balaban J connectivity index is 2.63. The fraction of sp³-hybridized carbons (Fsp3) is 0.143. The molecule has 2 aromatic rings. The van der Waals surface area contributed by atoms with Gasteiger partial charge in [-0.1, -0.05) is 42.5 Å². The van der Waals surface area contributed by atoms with Gasteiger partial charge in [0, 0.05) is 0 Å². The molecular formula is C14H10F4O. The van der Waals surface area contributed by atoms with Crippen molar-refractivity contribution in [2.75, 3.05) is 0 Å². The lowest BCUT2D eigenvalue weighted by Gasteiger charge is -2.31. The monoisotopic (exact) mass is 270 g/mol. The van der Waals surface area contributed by atoms with Crippen molar-refractivity contribution in [2.45, 2.75) is 11.8 Å². The van der Waals surface area contributed by atoms with E-state index in [4.69, 9.17) is 0 Å². The molecule has 0 radical (unpaired) electrons. The minimum atomic E-state index is -4.91. The predicted octanol–water partition coefficient (Wildman–Crippen LogP) is 3.62. The van der Waals surface area contributed by atoms with Crippen LogP contribution in [0.2, 0.25) is 0 Å². The Kier molecular flexibility index (Phi) is 3.32. The second-order valence-electron chi connectivity index (χ2n) is 4.08. The van der Waals surface area contributed by atoms with Crippen molar-refractivity contribution in [3.05, 3.63) is 71.5 Å². The average Bonchev–Trinajstić information content (AvgIpc) is 2.38. The minimum absolute atomic E-state index is 0.311. The first kappa shape index (κ1) is 13.5. The van der Waals surface area contributed by atoms with Crippen LogP contribution in [0.5, 0.6) is 0 Å². The summed E-state index contributed by atoms with van der Waals surface area (Å²) in [5, 5.41) is 10.1. The molecule has 2 aromatic carbocycles. The smallest absolute Gasteiger partial charge is 0.372 e. The summed E-state index contributed by atoms with van der Waals surface area (Å²) in [5.41, 5.74) is -3.89. The summed E-state index contributed by atoms with van der Waals surface area (Å²) in [5.74, 6) is -0.665. The zero-order chi connectivity index (χ0) is 14.1. The van der Waals surface area contributed by atoms with Crippen LogP contribution in [0, 0.1) is 5.82 Å². The molecule has 19 heavy (non-hydrogen) atoms. The number of benzene rings is 2. The number of alkyl halides is 3. The van der Waals surface area contributed by atoms with Gasteiger partial charge in [0.15, 0.2) is 0 Å². The largest absolute Gasteiger partial charge is 0.425 e. The molecule has 2 rings (SSSR count). The van der Waals surface area contributed by atoms with E-state index in [1.54, 1.807) is 6.07 Å². The van der Waals surface area contributed by atoms with Crippen LogP contribution >= 0.6 is 0 Å². The quantitative estimate of drug-likeness (QED) is 0.826. The van der Waals surface area contributed by atoms with E-state index in [9.17, 15) is 22.7 Å². The van der Waals surface area contributed by atoms with Gasteiger partial charge in [0.05, 0.1) is 0 Å². The van der Waals surface area contributed by atoms with E-state index in [0.29, 0.717) is 0 Å². The van der Waals surface area contributed by atoms with Gasteiger partial charge in [-0.2, -0.15) is 13.2 Å². The van der Waals surface area contributed by atoms with Gasteiger partial charge in [-0.15, -0.1) is 0 Å². The lowest BCUT2D eigenvalue weighted by molar-refractivity contribution is -0.248. The van der Waals surface area contributed by atoms with E-state index in [2.05, 4.69) is 0 Å². The molecule has 0 aliphatic rings. The van der Waals surface area contributed by atoms with Crippen LogP contribution in [-0.2, 0) is 5.60 Å². The van der Waals surface area contributed by atoms with Crippen molar-refractivity contribution < 1.29 is 22.7 Å². The lowest BCUT2D eigenvalue weighted by Crippen LogP contribution is -2.43. The summed E-state index contributed by atoms with van der Waals surface area (Å²) in [6, 6.07) is 10.3. The van der Waals surface area contributed by atoms with E-state index in [-0.39, 0.29) is 5.56 Å². The third-order valence-corrected chi connectivity index (χ3v) is 2.86. The Hall–Kier alpha value is -1.88. The number of aliphatic hydroxyl groups is 1. The summed E-state index contributed by atoms with van der Waals surface area (Å²) < 4.78 is 52.5. The topological polar surface area (TPSA) is 20.2 Å². The second kappa shape index (κ2) is 4.66. The molecule has 0 spiro atoms. The van der Waals surface area contributed by atoms with Crippen molar-refractivity contribution in [1.29, 1.82) is 0 Å². The Bertz CT molecular complexity index is 548. The van der Waals surface area contributed by atoms with Crippen LogP contribution in [0.15, 0.2) is 54.6 Å². The van der Waals surface area contributed by atoms with E-state index < -0.39 is 23.2 Å². The van der Waals surface area contributed by atoms with Gasteiger partial charge in [-0.3, -0.25) is 0 Å². The van der Waals surface area contributed by atoms with E-state index in [1.165, 1.54) is 24.3 Å². The molecule has 0 fully saturated rings. The third-order valence-electron chi connectivity index (χ3n) is 2.86. The molecule has 0 amide bonds. The highest BCUT2D eigenvalue weighted by Crippen LogP contribution is 2.43. The maximum absolute atomic E-state index is 13.2. The van der Waals surface area contributed by atoms with Gasteiger partial charge in [-0.25, -0.2) is 4.39 Å². The van der Waals surface area contributed by atoms with Gasteiger partial charge in [-0.05, 0) is 23.3 Å². The minimum Gasteiger partial charge on any atom is -0.372 e. The number of halogens is 4. The number of rotatable bonds is 2. The van der Waals surface area contributed by atoms with E-state index >= 15 is 0 Å². The van der Waals surface area contributed by atoms with Crippen LogP contribution in [0.1, 0.15) is 11.1 Å². The van der Waals surface area contributed by atoms with Gasteiger partial charge in [0.25, 0.3) is 0 Å². The van der Waals surface area contributed by atoms with Crippen molar-refractivity contribution in [1.82, 2.24) is 0 Å². The molecule has 0 aromatic heterocycles. The first-order valence-corrected chi connectivity index (χ1v) is 5.46. The average molecular weight is 270 g/mol. The number of hydrogen-bond acceptors (Lipinski definition) is 1. The summed E-state index contributed by atoms with van der Waals surface area (Å²) in [4.78, 5) is 0. The third kappa shape index (κ3) is 2.33. The van der Waals surface area contributed by atoms with E-state index in [1.807, 2.05) is 0 Å². The van der Waals surface area contributed by atoms with Crippen molar-refractivity contribution in [3.63, 3.8) is 0 Å². The molecular weight excluding hydrogens is 260 g/mol. The molecule has 1 nitrogen and oxygen atoms in total. The van der Waals surface area contributed by atoms with Crippen LogP contribution < -0.4 is 0 Å². The maximum atomic E-state index is 13.2. The highest BCUT2D eigenvalue weighted by atomic mass is 19.4. The Morgan fingerprint density at radius 3 is 1.68 bits per heavy atom. The number of hydrogen-bond donors (Lipinski definition) is 1. The van der Waals surface area contributed by atoms with Crippen LogP contribution in [-0.4, -0.2) is 11.3 Å². The standard InChI is InChI=1S/C14H10F4O/c15-12-8-6-11(7-9-12)13(19,14(16,17)18)10-4-2-1-3-5-10/h1-9,19H. The molecule has 0 bridgehead atoms. The lowest BCUT2D eigenvalue weighted by atomic mass is 9.86. The molecule has 5 heteroatoms. The van der Waals surface area contributed by atoms with Crippen LogP contribution in [0.3, 0.4) is 0 Å². The van der Waals surface area contributed by atoms with Gasteiger partial charge >= 0.3 is 6.18 Å². The highest BCUT2D eigenvalue weighted by Gasteiger charge is 2.56. The Morgan fingerprint density at radius 2 is 1.21 bits per heavy atom. The summed E-state index contributed by atoms with van der Waals surface area (Å²) in [6.07, 6.45) is -4.91. The van der Waals surface area contributed by atoms with Gasteiger partial charge < -0.3 is 5.11 Å². The first-order valence-electron chi connectivity index (χ1n) is 5.46. The zero-order valence-electron chi connectivity index (χ0n) is 9.66. The highest BCUT2D eigenvalue weighted by molar-refractivity contribution is 5.38. The first-order chi connectivity index (χ1) is 8.85. The Labute approximate surface area is 107 Å². The fourth-order valence-electron chi connectivity index (χ4n) is 1.86. The predicted molar refractivity (Wildman–Crippen MR) is 61.9 cm³/mol. The summed E-state index contributed by atoms with van der Waals surface area (Å²) in [6.45, 7) is 0. The molecule has 100 valence electrons. The van der Waals surface area contributed by atoms with Crippen LogP contribution in [0.25, 0.3) is 0 Å². The fourth-order valence-corrected chi connectivity index (χ4v) is 1.86.